The Labute approximate surface area is 152 Å². The molecule has 0 fully saturated rings. The topological polar surface area (TPSA) is 68.5 Å². The fraction of sp³-hybridized carbons (Fsp3) is 0.250. The van der Waals surface area contributed by atoms with Gasteiger partial charge in [0.25, 0.3) is 0 Å². The fourth-order valence-corrected chi connectivity index (χ4v) is 2.65. The fourth-order valence-electron chi connectivity index (χ4n) is 2.65. The van der Waals surface area contributed by atoms with E-state index in [0.29, 0.717) is 36.9 Å². The smallest absolute Gasteiger partial charge is 0.227 e. The zero-order valence-electron chi connectivity index (χ0n) is 14.9. The van der Waals surface area contributed by atoms with E-state index in [1.54, 1.807) is 19.1 Å². The minimum Gasteiger partial charge on any atom is -0.496 e. The molecule has 6 nitrogen and oxygen atoms in total. The molecule has 0 unspecified atom stereocenters. The van der Waals surface area contributed by atoms with Crippen LogP contribution in [0.1, 0.15) is 17.9 Å². The molecule has 1 amide bonds. The van der Waals surface area contributed by atoms with Gasteiger partial charge in [-0.2, -0.15) is 4.98 Å². The molecule has 0 aliphatic heterocycles. The summed E-state index contributed by atoms with van der Waals surface area (Å²) < 4.78 is 10.6. The van der Waals surface area contributed by atoms with Crippen LogP contribution in [-0.4, -0.2) is 35.1 Å². The summed E-state index contributed by atoms with van der Waals surface area (Å²) in [6, 6.07) is 17.4. The number of aryl methyl sites for hydroxylation is 1. The molecule has 3 aromatic rings. The molecule has 0 aliphatic carbocycles. The van der Waals surface area contributed by atoms with Crippen molar-refractivity contribution in [1.29, 1.82) is 0 Å². The van der Waals surface area contributed by atoms with Gasteiger partial charge in [0, 0.05) is 26.4 Å². The standard InChI is InChI=1S/C20H21N3O3/c1-23(14-15-8-4-3-5-9-15)19(24)13-12-18-21-20(22-26-18)16-10-6-7-11-17(16)25-2/h3-11H,12-14H2,1-2H3. The van der Waals surface area contributed by atoms with Gasteiger partial charge in [0.05, 0.1) is 12.7 Å². The zero-order chi connectivity index (χ0) is 18.4. The first kappa shape index (κ1) is 17.7. The number of carbonyl (C=O) groups is 1. The van der Waals surface area contributed by atoms with E-state index in [0.717, 1.165) is 11.1 Å². The lowest BCUT2D eigenvalue weighted by Crippen LogP contribution is -2.26. The molecule has 3 rings (SSSR count). The Morgan fingerprint density at radius 2 is 1.85 bits per heavy atom. The zero-order valence-corrected chi connectivity index (χ0v) is 14.9. The normalized spacial score (nSPS) is 10.5. The molecule has 2 aromatic carbocycles. The largest absolute Gasteiger partial charge is 0.496 e. The van der Waals surface area contributed by atoms with Crippen molar-refractivity contribution < 1.29 is 14.1 Å². The number of rotatable bonds is 7. The van der Waals surface area contributed by atoms with Crippen LogP contribution < -0.4 is 4.74 Å². The van der Waals surface area contributed by atoms with E-state index in [9.17, 15) is 4.79 Å². The molecule has 0 atom stereocenters. The number of para-hydroxylation sites is 1. The summed E-state index contributed by atoms with van der Waals surface area (Å²) in [5, 5.41) is 3.99. The number of hydrogen-bond donors (Lipinski definition) is 0. The molecular formula is C20H21N3O3. The summed E-state index contributed by atoms with van der Waals surface area (Å²) in [6.45, 7) is 0.579. The average molecular weight is 351 g/mol. The van der Waals surface area contributed by atoms with Crippen LogP contribution in [0, 0.1) is 0 Å². The lowest BCUT2D eigenvalue weighted by Gasteiger charge is -2.16. The van der Waals surface area contributed by atoms with Crippen molar-refractivity contribution in [3.05, 3.63) is 66.1 Å². The van der Waals surface area contributed by atoms with E-state index in [1.807, 2.05) is 54.6 Å². The Hall–Kier alpha value is -3.15. The highest BCUT2D eigenvalue weighted by atomic mass is 16.5. The van der Waals surface area contributed by atoms with Gasteiger partial charge in [0.1, 0.15) is 5.75 Å². The number of hydrogen-bond acceptors (Lipinski definition) is 5. The molecule has 0 saturated heterocycles. The third kappa shape index (κ3) is 4.27. The van der Waals surface area contributed by atoms with Crippen LogP contribution in [0.5, 0.6) is 5.75 Å². The van der Waals surface area contributed by atoms with Crippen molar-refractivity contribution in [3.63, 3.8) is 0 Å². The monoisotopic (exact) mass is 351 g/mol. The van der Waals surface area contributed by atoms with Crippen LogP contribution in [0.4, 0.5) is 0 Å². The average Bonchev–Trinajstić information content (AvgIpc) is 3.15. The number of amides is 1. The lowest BCUT2D eigenvalue weighted by molar-refractivity contribution is -0.130. The third-order valence-electron chi connectivity index (χ3n) is 4.06. The van der Waals surface area contributed by atoms with Gasteiger partial charge in [-0.1, -0.05) is 47.6 Å². The lowest BCUT2D eigenvalue weighted by atomic mass is 10.2. The highest BCUT2D eigenvalue weighted by Crippen LogP contribution is 2.27. The molecule has 0 aliphatic rings. The van der Waals surface area contributed by atoms with Gasteiger partial charge < -0.3 is 14.2 Å². The molecule has 0 saturated carbocycles. The van der Waals surface area contributed by atoms with Crippen molar-refractivity contribution in [2.45, 2.75) is 19.4 Å². The Morgan fingerprint density at radius 3 is 2.62 bits per heavy atom. The molecule has 0 radical (unpaired) electrons. The first-order valence-electron chi connectivity index (χ1n) is 8.41. The van der Waals surface area contributed by atoms with Crippen molar-refractivity contribution >= 4 is 5.91 Å². The van der Waals surface area contributed by atoms with Crippen molar-refractivity contribution in [2.24, 2.45) is 0 Å². The number of benzene rings is 2. The van der Waals surface area contributed by atoms with Gasteiger partial charge in [0.2, 0.25) is 17.6 Å². The first-order valence-corrected chi connectivity index (χ1v) is 8.41. The van der Waals surface area contributed by atoms with Crippen LogP contribution >= 0.6 is 0 Å². The van der Waals surface area contributed by atoms with Crippen molar-refractivity contribution in [2.75, 3.05) is 14.2 Å². The predicted molar refractivity (Wildman–Crippen MR) is 97.5 cm³/mol. The number of ether oxygens (including phenoxy) is 1. The van der Waals surface area contributed by atoms with Gasteiger partial charge >= 0.3 is 0 Å². The quantitative estimate of drug-likeness (QED) is 0.653. The van der Waals surface area contributed by atoms with Gasteiger partial charge in [0.15, 0.2) is 0 Å². The second-order valence-electron chi connectivity index (χ2n) is 5.95. The molecule has 134 valence electrons. The summed E-state index contributed by atoms with van der Waals surface area (Å²) in [5.74, 6) is 1.61. The number of carbonyl (C=O) groups excluding carboxylic acids is 1. The molecular weight excluding hydrogens is 330 g/mol. The Kier molecular flexibility index (Phi) is 5.63. The molecule has 1 heterocycles. The second-order valence-corrected chi connectivity index (χ2v) is 5.95. The molecule has 0 bridgehead atoms. The number of methoxy groups -OCH3 is 1. The maximum Gasteiger partial charge on any atom is 0.227 e. The Morgan fingerprint density at radius 1 is 1.12 bits per heavy atom. The van der Waals surface area contributed by atoms with Gasteiger partial charge in [-0.05, 0) is 17.7 Å². The Balaban J connectivity index is 1.58. The SMILES string of the molecule is COc1ccccc1-c1noc(CCC(=O)N(C)Cc2ccccc2)n1. The van der Waals surface area contributed by atoms with Gasteiger partial charge in [-0.25, -0.2) is 0 Å². The van der Waals surface area contributed by atoms with Crippen LogP contribution in [0.15, 0.2) is 59.1 Å². The number of nitrogens with zero attached hydrogens (tertiary/aromatic N) is 3. The van der Waals surface area contributed by atoms with E-state index < -0.39 is 0 Å². The summed E-state index contributed by atoms with van der Waals surface area (Å²) in [5.41, 5.74) is 1.86. The predicted octanol–water partition coefficient (Wildman–Crippen LogP) is 3.34. The van der Waals surface area contributed by atoms with Crippen LogP contribution in [0.3, 0.4) is 0 Å². The third-order valence-corrected chi connectivity index (χ3v) is 4.06. The summed E-state index contributed by atoms with van der Waals surface area (Å²) in [7, 11) is 3.39. The summed E-state index contributed by atoms with van der Waals surface area (Å²) in [4.78, 5) is 18.4. The van der Waals surface area contributed by atoms with Gasteiger partial charge in [-0.3, -0.25) is 4.79 Å². The van der Waals surface area contributed by atoms with Crippen LogP contribution in [0.25, 0.3) is 11.4 Å². The van der Waals surface area contributed by atoms with Crippen molar-refractivity contribution in [1.82, 2.24) is 15.0 Å². The van der Waals surface area contributed by atoms with Crippen LogP contribution in [-0.2, 0) is 17.8 Å². The van der Waals surface area contributed by atoms with Gasteiger partial charge in [-0.15, -0.1) is 0 Å². The minimum atomic E-state index is 0.0332. The van der Waals surface area contributed by atoms with E-state index in [2.05, 4.69) is 10.1 Å². The molecule has 6 heteroatoms. The summed E-state index contributed by atoms with van der Waals surface area (Å²) in [6.07, 6.45) is 0.719. The maximum atomic E-state index is 12.3. The molecule has 26 heavy (non-hydrogen) atoms. The highest BCUT2D eigenvalue weighted by Gasteiger charge is 2.15. The van der Waals surface area contributed by atoms with E-state index in [1.165, 1.54) is 0 Å². The summed E-state index contributed by atoms with van der Waals surface area (Å²) >= 11 is 0. The molecule has 1 aromatic heterocycles. The molecule has 0 spiro atoms. The Bertz CT molecular complexity index is 862. The van der Waals surface area contributed by atoms with E-state index >= 15 is 0 Å². The first-order chi connectivity index (χ1) is 12.7. The highest BCUT2D eigenvalue weighted by molar-refractivity contribution is 5.76. The number of aromatic nitrogens is 2. The van der Waals surface area contributed by atoms with Crippen LogP contribution in [0.2, 0.25) is 0 Å². The van der Waals surface area contributed by atoms with Crippen molar-refractivity contribution in [3.8, 4) is 17.1 Å². The maximum absolute atomic E-state index is 12.3. The van der Waals surface area contributed by atoms with E-state index in [-0.39, 0.29) is 5.91 Å². The van der Waals surface area contributed by atoms with E-state index in [4.69, 9.17) is 9.26 Å². The second kappa shape index (κ2) is 8.29. The minimum absolute atomic E-state index is 0.0332. The molecule has 0 N–H and O–H groups in total.